The van der Waals surface area contributed by atoms with Crippen LogP contribution in [-0.4, -0.2) is 19.3 Å². The van der Waals surface area contributed by atoms with Crippen molar-refractivity contribution < 1.29 is 0 Å². The Hall–Kier alpha value is -0.504. The van der Waals surface area contributed by atoms with E-state index in [0.29, 0.717) is 4.05 Å². The monoisotopic (exact) mass is 240 g/mol. The number of aryl methyl sites for hydroxylation is 1. The number of hydrogen-bond acceptors (Lipinski definition) is 0. The molecule has 2 aromatic carbocycles. The molecule has 0 amide bonds. The van der Waals surface area contributed by atoms with E-state index in [1.807, 2.05) is 6.07 Å². The van der Waals surface area contributed by atoms with Gasteiger partial charge in [0.2, 0.25) is 0 Å². The van der Waals surface area contributed by atoms with Crippen LogP contribution in [0.1, 0.15) is 20.7 Å². The quantitative estimate of drug-likeness (QED) is 0.714. The van der Waals surface area contributed by atoms with Crippen LogP contribution in [-0.2, 0) is 0 Å². The van der Waals surface area contributed by atoms with Crippen LogP contribution in [0.4, 0.5) is 0 Å². The summed E-state index contributed by atoms with van der Waals surface area (Å²) in [4.78, 5) is 0. The summed E-state index contributed by atoms with van der Waals surface area (Å²) in [6.07, 6.45) is 0. The van der Waals surface area contributed by atoms with E-state index in [9.17, 15) is 0 Å². The fourth-order valence-electron chi connectivity index (χ4n) is 1.85. The molecule has 0 spiro atoms. The second-order valence-electron chi connectivity index (χ2n) is 4.03. The van der Waals surface area contributed by atoms with Crippen LogP contribution in [0.5, 0.6) is 0 Å². The highest BCUT2D eigenvalue weighted by molar-refractivity contribution is 6.94. The molecule has 78 valence electrons. The van der Waals surface area contributed by atoms with Gasteiger partial charge in [-0.25, -0.2) is 0 Å². The smallest absolute Gasteiger partial charge is 0.345 e. The molecule has 0 aliphatic rings. The zero-order valence-corrected chi connectivity index (χ0v) is 11.5. The minimum Gasteiger partial charge on any atom is -0.345 e. The molecule has 1 atom stereocenters. The molecule has 0 nitrogen and oxygen atoms in total. The molecule has 0 radical (unpaired) electrons. The van der Waals surface area contributed by atoms with Crippen molar-refractivity contribution in [3.8, 4) is 0 Å². The standard InChI is InChI=1S/C14H13.ClH.Mg/c1-12-7-9-14(10-8-12)11-13-5-3-2-4-6-13;;/h2-11H,1H3;1H;/q;;+1/p-1. The average Bonchev–Trinajstić information content (AvgIpc) is 2.34. The summed E-state index contributed by atoms with van der Waals surface area (Å²) >= 11 is -0.609. The van der Waals surface area contributed by atoms with Gasteiger partial charge in [0.05, 0.1) is 0 Å². The molecular formula is C14H13ClMg. The third-order valence-electron chi connectivity index (χ3n) is 2.84. The van der Waals surface area contributed by atoms with Crippen LogP contribution in [0.2, 0.25) is 0 Å². The Morgan fingerprint density at radius 3 is 2.00 bits per heavy atom. The van der Waals surface area contributed by atoms with Crippen LogP contribution in [0, 0.1) is 6.92 Å². The topological polar surface area (TPSA) is 0 Å². The molecule has 1 unspecified atom stereocenters. The van der Waals surface area contributed by atoms with E-state index in [0.717, 1.165) is 0 Å². The van der Waals surface area contributed by atoms with Gasteiger partial charge in [0.25, 0.3) is 0 Å². The summed E-state index contributed by atoms with van der Waals surface area (Å²) in [6, 6.07) is 19.3. The number of halogens is 1. The first-order valence-electron chi connectivity index (χ1n) is 5.48. The number of hydrogen-bond donors (Lipinski definition) is 0. The van der Waals surface area contributed by atoms with Crippen molar-refractivity contribution in [2.75, 3.05) is 0 Å². The normalized spacial score (nSPS) is 11.9. The summed E-state index contributed by atoms with van der Waals surface area (Å²) < 4.78 is 0.434. The Kier molecular flexibility index (Phi) is 4.27. The van der Waals surface area contributed by atoms with Crippen LogP contribution < -0.4 is 0 Å². The molecule has 16 heavy (non-hydrogen) atoms. The van der Waals surface area contributed by atoms with Crippen LogP contribution in [0.15, 0.2) is 54.6 Å². The van der Waals surface area contributed by atoms with E-state index in [2.05, 4.69) is 55.5 Å². The summed E-state index contributed by atoms with van der Waals surface area (Å²) in [5.41, 5.74) is 3.98. The Morgan fingerprint density at radius 1 is 0.875 bits per heavy atom. The predicted molar refractivity (Wildman–Crippen MR) is 71.1 cm³/mol. The third-order valence-corrected chi connectivity index (χ3v) is 5.01. The van der Waals surface area contributed by atoms with Crippen molar-refractivity contribution in [3.05, 3.63) is 71.3 Å². The van der Waals surface area contributed by atoms with E-state index in [4.69, 9.17) is 9.07 Å². The lowest BCUT2D eigenvalue weighted by Gasteiger charge is -2.14. The molecule has 0 aromatic heterocycles. The maximum Gasteiger partial charge on any atom is 0.513 e. The lowest BCUT2D eigenvalue weighted by molar-refractivity contribution is 1.13. The first-order valence-corrected chi connectivity index (χ1v) is 8.44. The van der Waals surface area contributed by atoms with Crippen molar-refractivity contribution in [1.29, 1.82) is 0 Å². The van der Waals surface area contributed by atoms with Crippen molar-refractivity contribution >= 4 is 28.3 Å². The molecule has 0 N–H and O–H groups in total. The fraction of sp³-hybridized carbons (Fsp3) is 0.143. The van der Waals surface area contributed by atoms with Crippen molar-refractivity contribution in [3.63, 3.8) is 0 Å². The van der Waals surface area contributed by atoms with Gasteiger partial charge < -0.3 is 9.07 Å². The van der Waals surface area contributed by atoms with Gasteiger partial charge in [-0.1, -0.05) is 75.3 Å². The van der Waals surface area contributed by atoms with Gasteiger partial charge in [0.1, 0.15) is 0 Å². The van der Waals surface area contributed by atoms with Crippen molar-refractivity contribution in [2.45, 2.75) is 11.0 Å². The summed E-state index contributed by atoms with van der Waals surface area (Å²) in [7, 11) is 6.22. The molecule has 2 rings (SSSR count). The van der Waals surface area contributed by atoms with Crippen LogP contribution >= 0.6 is 9.07 Å². The second-order valence-corrected chi connectivity index (χ2v) is 6.08. The SMILES string of the molecule is Cc1ccc([CH]([Mg][Cl])c2ccccc2)cc1. The third kappa shape index (κ3) is 2.79. The highest BCUT2D eigenvalue weighted by Gasteiger charge is 2.15. The van der Waals surface area contributed by atoms with E-state index in [1.54, 1.807) is 0 Å². The Morgan fingerprint density at radius 2 is 1.44 bits per heavy atom. The van der Waals surface area contributed by atoms with Crippen LogP contribution in [0.3, 0.4) is 0 Å². The van der Waals surface area contributed by atoms with E-state index in [1.165, 1.54) is 16.7 Å². The van der Waals surface area contributed by atoms with Gasteiger partial charge in [-0.05, 0) is 6.92 Å². The zero-order valence-electron chi connectivity index (χ0n) is 9.36. The Labute approximate surface area is 110 Å². The van der Waals surface area contributed by atoms with Crippen molar-refractivity contribution in [1.82, 2.24) is 0 Å². The summed E-state index contributed by atoms with van der Waals surface area (Å²) in [5.74, 6) is 0. The Balaban J connectivity index is 2.33. The van der Waals surface area contributed by atoms with E-state index in [-0.39, 0.29) is 0 Å². The van der Waals surface area contributed by atoms with Crippen LogP contribution in [0.25, 0.3) is 0 Å². The molecule has 0 saturated heterocycles. The lowest BCUT2D eigenvalue weighted by atomic mass is 10.0. The summed E-state index contributed by atoms with van der Waals surface area (Å²) in [5, 5.41) is 0. The van der Waals surface area contributed by atoms with Gasteiger partial charge in [0.15, 0.2) is 0 Å². The highest BCUT2D eigenvalue weighted by Crippen LogP contribution is 2.24. The molecule has 0 heterocycles. The maximum absolute atomic E-state index is 6.22. The van der Waals surface area contributed by atoms with Crippen molar-refractivity contribution in [2.24, 2.45) is 0 Å². The zero-order chi connectivity index (χ0) is 11.4. The number of rotatable bonds is 3. The minimum atomic E-state index is -0.609. The van der Waals surface area contributed by atoms with Gasteiger partial charge in [0, 0.05) is 0 Å². The van der Waals surface area contributed by atoms with Gasteiger partial charge in [-0.2, -0.15) is 0 Å². The average molecular weight is 241 g/mol. The molecule has 0 bridgehead atoms. The maximum atomic E-state index is 6.22. The van der Waals surface area contributed by atoms with Gasteiger partial charge >= 0.3 is 19.3 Å². The first kappa shape index (κ1) is 12.0. The molecular weight excluding hydrogens is 228 g/mol. The molecule has 0 fully saturated rings. The molecule has 0 aliphatic heterocycles. The molecule has 2 aromatic rings. The largest absolute Gasteiger partial charge is 0.513 e. The van der Waals surface area contributed by atoms with Gasteiger partial charge in [-0.15, -0.1) is 0 Å². The summed E-state index contributed by atoms with van der Waals surface area (Å²) in [6.45, 7) is 2.11. The van der Waals surface area contributed by atoms with E-state index >= 15 is 0 Å². The predicted octanol–water partition coefficient (Wildman–Crippen LogP) is 3.94. The highest BCUT2D eigenvalue weighted by atomic mass is 35.5. The number of benzene rings is 2. The van der Waals surface area contributed by atoms with E-state index < -0.39 is 19.3 Å². The van der Waals surface area contributed by atoms with Gasteiger partial charge in [-0.3, -0.25) is 0 Å². The lowest BCUT2D eigenvalue weighted by Crippen LogP contribution is -2.05. The minimum absolute atomic E-state index is 0.434. The Bertz CT molecular complexity index is 436. The molecule has 0 aliphatic carbocycles. The fourth-order valence-corrected chi connectivity index (χ4v) is 3.82. The first-order chi connectivity index (χ1) is 7.81. The molecule has 2 heteroatoms. The molecule has 0 saturated carbocycles. The second kappa shape index (κ2) is 5.71.